The van der Waals surface area contributed by atoms with Gasteiger partial charge in [0.25, 0.3) is 0 Å². The molecule has 1 aliphatic carbocycles. The van der Waals surface area contributed by atoms with E-state index in [1.54, 1.807) is 0 Å². The van der Waals surface area contributed by atoms with Crippen LogP contribution in [0.1, 0.15) is 22.3 Å². The Morgan fingerprint density at radius 3 is 1.27 bits per heavy atom. The third kappa shape index (κ3) is 4.17. The Bertz CT molecular complexity index is 1950. The van der Waals surface area contributed by atoms with Crippen LogP contribution in [0.4, 0.5) is 17.1 Å². The van der Waals surface area contributed by atoms with E-state index in [1.807, 2.05) is 0 Å². The van der Waals surface area contributed by atoms with Crippen LogP contribution >= 0.6 is 0 Å². The Labute approximate surface area is 259 Å². The first-order valence-electron chi connectivity index (χ1n) is 15.2. The summed E-state index contributed by atoms with van der Waals surface area (Å²) in [6.45, 7) is 0. The average molecular weight is 562 g/mol. The Balaban J connectivity index is 1.44. The quantitative estimate of drug-likeness (QED) is 0.195. The van der Waals surface area contributed by atoms with Gasteiger partial charge in [-0.15, -0.1) is 0 Å². The van der Waals surface area contributed by atoms with Gasteiger partial charge in [-0.3, -0.25) is 0 Å². The molecule has 1 heteroatoms. The molecule has 0 saturated heterocycles. The highest BCUT2D eigenvalue weighted by atomic mass is 15.1. The first-order valence-corrected chi connectivity index (χ1v) is 15.2. The number of benzene rings is 7. The summed E-state index contributed by atoms with van der Waals surface area (Å²) >= 11 is 0. The Hall–Kier alpha value is -5.66. The fourth-order valence-electron chi connectivity index (χ4n) is 7.03. The average Bonchev–Trinajstić information content (AvgIpc) is 3.40. The van der Waals surface area contributed by atoms with Crippen LogP contribution in [0, 0.1) is 0 Å². The summed E-state index contributed by atoms with van der Waals surface area (Å²) in [5.74, 6) is 0. The highest BCUT2D eigenvalue weighted by molar-refractivity contribution is 5.91. The number of hydrogen-bond donors (Lipinski definition) is 0. The van der Waals surface area contributed by atoms with Crippen LogP contribution in [0.15, 0.2) is 188 Å². The van der Waals surface area contributed by atoms with Gasteiger partial charge in [-0.1, -0.05) is 146 Å². The van der Waals surface area contributed by atoms with Crippen molar-refractivity contribution in [1.82, 2.24) is 0 Å². The van der Waals surface area contributed by atoms with Gasteiger partial charge in [-0.25, -0.2) is 0 Å². The third-order valence-corrected chi connectivity index (χ3v) is 8.93. The smallest absolute Gasteiger partial charge is 0.0714 e. The molecule has 0 unspecified atom stereocenters. The molecule has 0 atom stereocenters. The molecule has 0 N–H and O–H groups in total. The zero-order valence-corrected chi connectivity index (χ0v) is 24.3. The molecule has 8 rings (SSSR count). The molecule has 1 aliphatic rings. The van der Waals surface area contributed by atoms with E-state index in [0.717, 1.165) is 17.1 Å². The minimum absolute atomic E-state index is 0.493. The number of rotatable bonds is 6. The van der Waals surface area contributed by atoms with Crippen LogP contribution in [0.2, 0.25) is 0 Å². The molecule has 0 aromatic heterocycles. The monoisotopic (exact) mass is 561 g/mol. The summed E-state index contributed by atoms with van der Waals surface area (Å²) in [5, 5.41) is 0. The van der Waals surface area contributed by atoms with Gasteiger partial charge in [0.05, 0.1) is 5.41 Å². The lowest BCUT2D eigenvalue weighted by atomic mass is 9.67. The SMILES string of the molecule is c1ccc(-c2ccc3c(c2)C(c2ccccc2)(c2ccccc2)c2cc(N(c4ccccc4)c4ccccc4)ccc2-3)cc1. The first kappa shape index (κ1) is 26.0. The maximum Gasteiger partial charge on any atom is 0.0714 e. The molecular formula is C43H31N. The second-order valence-electron chi connectivity index (χ2n) is 11.3. The Kier molecular flexibility index (Phi) is 6.43. The van der Waals surface area contributed by atoms with E-state index >= 15 is 0 Å². The van der Waals surface area contributed by atoms with E-state index in [0.29, 0.717) is 0 Å². The summed E-state index contributed by atoms with van der Waals surface area (Å²) in [7, 11) is 0. The maximum absolute atomic E-state index is 2.43. The van der Waals surface area contributed by atoms with Gasteiger partial charge >= 0.3 is 0 Å². The van der Waals surface area contributed by atoms with Crippen molar-refractivity contribution in [1.29, 1.82) is 0 Å². The normalized spacial score (nSPS) is 12.7. The van der Waals surface area contributed by atoms with Crippen LogP contribution in [0.25, 0.3) is 22.3 Å². The van der Waals surface area contributed by atoms with E-state index in [9.17, 15) is 0 Å². The molecule has 7 aromatic rings. The van der Waals surface area contributed by atoms with Gasteiger partial charge in [0.2, 0.25) is 0 Å². The van der Waals surface area contributed by atoms with Gasteiger partial charge in [-0.05, 0) is 87.0 Å². The topological polar surface area (TPSA) is 3.24 Å². The van der Waals surface area contributed by atoms with E-state index in [2.05, 4.69) is 193 Å². The zero-order chi connectivity index (χ0) is 29.3. The lowest BCUT2D eigenvalue weighted by Gasteiger charge is -2.35. The van der Waals surface area contributed by atoms with Gasteiger partial charge in [0.1, 0.15) is 0 Å². The lowest BCUT2D eigenvalue weighted by Crippen LogP contribution is -2.28. The summed E-state index contributed by atoms with van der Waals surface area (Å²) in [6, 6.07) is 68.2. The number of hydrogen-bond acceptors (Lipinski definition) is 1. The minimum atomic E-state index is -0.493. The number of anilines is 3. The summed E-state index contributed by atoms with van der Waals surface area (Å²) in [6.07, 6.45) is 0. The molecule has 7 aromatic carbocycles. The fraction of sp³-hybridized carbons (Fsp3) is 0.0233. The molecule has 0 bridgehead atoms. The van der Waals surface area contributed by atoms with E-state index in [-0.39, 0.29) is 0 Å². The third-order valence-electron chi connectivity index (χ3n) is 8.93. The Morgan fingerprint density at radius 2 is 0.750 bits per heavy atom. The second-order valence-corrected chi connectivity index (χ2v) is 11.3. The standard InChI is InChI=1S/C43H31N/c1-6-16-32(17-7-1)33-26-28-39-40-29-27-38(44(36-22-12-4-13-23-36)37-24-14-5-15-25-37)31-42(40)43(41(39)30-33,34-18-8-2-9-19-34)35-20-10-3-11-21-35/h1-31H. The van der Waals surface area contributed by atoms with Crippen molar-refractivity contribution in [3.63, 3.8) is 0 Å². The zero-order valence-electron chi connectivity index (χ0n) is 24.3. The highest BCUT2D eigenvalue weighted by Gasteiger charge is 2.46. The molecule has 0 saturated carbocycles. The summed E-state index contributed by atoms with van der Waals surface area (Å²) < 4.78 is 0. The molecule has 0 radical (unpaired) electrons. The van der Waals surface area contributed by atoms with Crippen molar-refractivity contribution in [3.8, 4) is 22.3 Å². The molecule has 1 nitrogen and oxygen atoms in total. The highest BCUT2D eigenvalue weighted by Crippen LogP contribution is 2.57. The second kappa shape index (κ2) is 10.9. The fourth-order valence-corrected chi connectivity index (χ4v) is 7.03. The predicted molar refractivity (Wildman–Crippen MR) is 184 cm³/mol. The van der Waals surface area contributed by atoms with Crippen LogP contribution < -0.4 is 4.90 Å². The van der Waals surface area contributed by atoms with Gasteiger partial charge in [-0.2, -0.15) is 0 Å². The molecule has 44 heavy (non-hydrogen) atoms. The Morgan fingerprint density at radius 1 is 0.318 bits per heavy atom. The van der Waals surface area contributed by atoms with E-state index < -0.39 is 5.41 Å². The van der Waals surface area contributed by atoms with Crippen LogP contribution in [-0.2, 0) is 5.41 Å². The van der Waals surface area contributed by atoms with Crippen molar-refractivity contribution in [2.45, 2.75) is 5.41 Å². The summed E-state index contributed by atoms with van der Waals surface area (Å²) in [5.41, 5.74) is 13.0. The first-order chi connectivity index (χ1) is 21.8. The molecule has 0 amide bonds. The molecule has 0 heterocycles. The maximum atomic E-state index is 2.43. The number of nitrogens with zero attached hydrogens (tertiary/aromatic N) is 1. The van der Waals surface area contributed by atoms with Gasteiger partial charge in [0, 0.05) is 17.1 Å². The van der Waals surface area contributed by atoms with Crippen molar-refractivity contribution < 1.29 is 0 Å². The van der Waals surface area contributed by atoms with Crippen molar-refractivity contribution in [3.05, 3.63) is 210 Å². The largest absolute Gasteiger partial charge is 0.310 e. The van der Waals surface area contributed by atoms with Crippen molar-refractivity contribution in [2.24, 2.45) is 0 Å². The van der Waals surface area contributed by atoms with Gasteiger partial charge < -0.3 is 4.90 Å². The number of para-hydroxylation sites is 2. The molecule has 208 valence electrons. The van der Waals surface area contributed by atoms with Crippen LogP contribution in [-0.4, -0.2) is 0 Å². The summed E-state index contributed by atoms with van der Waals surface area (Å²) in [4.78, 5) is 2.36. The van der Waals surface area contributed by atoms with Crippen LogP contribution in [0.3, 0.4) is 0 Å². The van der Waals surface area contributed by atoms with Crippen molar-refractivity contribution in [2.75, 3.05) is 4.90 Å². The van der Waals surface area contributed by atoms with Crippen LogP contribution in [0.5, 0.6) is 0 Å². The van der Waals surface area contributed by atoms with E-state index in [1.165, 1.54) is 44.5 Å². The molecule has 0 fully saturated rings. The van der Waals surface area contributed by atoms with Gasteiger partial charge in [0.15, 0.2) is 0 Å². The van der Waals surface area contributed by atoms with Crippen molar-refractivity contribution >= 4 is 17.1 Å². The predicted octanol–water partition coefficient (Wildman–Crippen LogP) is 11.2. The molecule has 0 spiro atoms. The minimum Gasteiger partial charge on any atom is -0.310 e. The number of fused-ring (bicyclic) bond motifs is 3. The van der Waals surface area contributed by atoms with E-state index in [4.69, 9.17) is 0 Å². The molecule has 0 aliphatic heterocycles. The molecular weight excluding hydrogens is 530 g/mol. The lowest BCUT2D eigenvalue weighted by molar-refractivity contribution is 0.768.